The molecule has 2 aromatic rings. The minimum absolute atomic E-state index is 0.0207. The number of morpholine rings is 1. The van der Waals surface area contributed by atoms with Crippen molar-refractivity contribution in [2.24, 2.45) is 0 Å². The molecule has 1 heterocycles. The van der Waals surface area contributed by atoms with Gasteiger partial charge in [0.1, 0.15) is 10.6 Å². The molecule has 1 saturated heterocycles. The Bertz CT molecular complexity index is 943. The number of hydrogen-bond donors (Lipinski definition) is 1. The Morgan fingerprint density at radius 1 is 1.19 bits per heavy atom. The van der Waals surface area contributed by atoms with Gasteiger partial charge < -0.3 is 14.8 Å². The number of nitrogens with one attached hydrogen (secondary N) is 1. The normalized spacial score (nSPS) is 15.3. The predicted octanol–water partition coefficient (Wildman–Crippen LogP) is 2.57. The minimum atomic E-state index is -3.76. The molecule has 1 aliphatic heterocycles. The fourth-order valence-electron chi connectivity index (χ4n) is 2.72. The van der Waals surface area contributed by atoms with Crippen molar-refractivity contribution in [1.29, 1.82) is 0 Å². The van der Waals surface area contributed by atoms with Crippen molar-refractivity contribution < 1.29 is 22.7 Å². The van der Waals surface area contributed by atoms with Crippen molar-refractivity contribution in [2.45, 2.75) is 4.90 Å². The molecule has 27 heavy (non-hydrogen) atoms. The number of amides is 1. The van der Waals surface area contributed by atoms with Crippen LogP contribution in [0.3, 0.4) is 0 Å². The number of benzene rings is 2. The maximum Gasteiger partial charge on any atom is 0.255 e. The van der Waals surface area contributed by atoms with E-state index in [0.29, 0.717) is 24.5 Å². The van der Waals surface area contributed by atoms with Gasteiger partial charge in [-0.15, -0.1) is 0 Å². The summed E-state index contributed by atoms with van der Waals surface area (Å²) in [7, 11) is -2.34. The molecule has 0 atom stereocenters. The molecular weight excluding hydrogens is 483 g/mol. The summed E-state index contributed by atoms with van der Waals surface area (Å²) >= 11 is 2.13. The van der Waals surface area contributed by atoms with E-state index in [-0.39, 0.29) is 29.6 Å². The average molecular weight is 502 g/mol. The molecule has 3 rings (SSSR count). The van der Waals surface area contributed by atoms with E-state index >= 15 is 0 Å². The van der Waals surface area contributed by atoms with Crippen LogP contribution in [0.4, 0.5) is 5.69 Å². The van der Waals surface area contributed by atoms with E-state index in [1.807, 2.05) is 6.07 Å². The van der Waals surface area contributed by atoms with Crippen LogP contribution in [0.2, 0.25) is 0 Å². The molecule has 2 aromatic carbocycles. The summed E-state index contributed by atoms with van der Waals surface area (Å²) in [6, 6.07) is 11.7. The SMILES string of the molecule is COc1ccc(NC(=O)c2cccc(I)c2)cc1S(=O)(=O)N1CCOCC1. The van der Waals surface area contributed by atoms with Gasteiger partial charge in [-0.3, -0.25) is 4.79 Å². The van der Waals surface area contributed by atoms with E-state index in [1.165, 1.54) is 23.5 Å². The summed E-state index contributed by atoms with van der Waals surface area (Å²) in [5.41, 5.74) is 0.877. The highest BCUT2D eigenvalue weighted by Crippen LogP contribution is 2.30. The van der Waals surface area contributed by atoms with Gasteiger partial charge in [-0.2, -0.15) is 4.31 Å². The highest BCUT2D eigenvalue weighted by molar-refractivity contribution is 14.1. The van der Waals surface area contributed by atoms with Crippen LogP contribution in [-0.2, 0) is 14.8 Å². The standard InChI is InChI=1S/C18H19IN2O5S/c1-25-16-6-5-15(20-18(22)13-3-2-4-14(19)11-13)12-17(16)27(23,24)21-7-9-26-10-8-21/h2-6,11-12H,7-10H2,1H3,(H,20,22). The number of ether oxygens (including phenoxy) is 2. The lowest BCUT2D eigenvalue weighted by atomic mass is 10.2. The molecule has 0 aliphatic carbocycles. The van der Waals surface area contributed by atoms with Crippen molar-refractivity contribution >= 4 is 44.2 Å². The monoisotopic (exact) mass is 502 g/mol. The maximum atomic E-state index is 13.0. The van der Waals surface area contributed by atoms with E-state index in [1.54, 1.807) is 24.3 Å². The molecule has 0 spiro atoms. The molecule has 9 heteroatoms. The predicted molar refractivity (Wildman–Crippen MR) is 110 cm³/mol. The molecule has 0 radical (unpaired) electrons. The first kappa shape index (κ1) is 20.1. The van der Waals surface area contributed by atoms with Gasteiger partial charge in [0, 0.05) is 27.9 Å². The minimum Gasteiger partial charge on any atom is -0.495 e. The van der Waals surface area contributed by atoms with Crippen molar-refractivity contribution in [3.05, 3.63) is 51.6 Å². The summed E-state index contributed by atoms with van der Waals surface area (Å²) in [6.45, 7) is 1.27. The topological polar surface area (TPSA) is 84.9 Å². The maximum absolute atomic E-state index is 13.0. The number of carbonyl (C=O) groups is 1. The number of anilines is 1. The van der Waals surface area contributed by atoms with Crippen molar-refractivity contribution in [1.82, 2.24) is 4.31 Å². The third-order valence-corrected chi connectivity index (χ3v) is 6.69. The van der Waals surface area contributed by atoms with E-state index < -0.39 is 10.0 Å². The Balaban J connectivity index is 1.90. The number of halogens is 1. The second-order valence-corrected chi connectivity index (χ2v) is 9.00. The fraction of sp³-hybridized carbons (Fsp3) is 0.278. The van der Waals surface area contributed by atoms with Gasteiger partial charge in [-0.05, 0) is 59.0 Å². The summed E-state index contributed by atoms with van der Waals surface area (Å²) in [5.74, 6) is -0.0813. The molecule has 1 amide bonds. The van der Waals surface area contributed by atoms with Gasteiger partial charge in [-0.25, -0.2) is 8.42 Å². The van der Waals surface area contributed by atoms with Gasteiger partial charge >= 0.3 is 0 Å². The molecule has 1 aliphatic rings. The first-order valence-corrected chi connectivity index (χ1v) is 10.8. The van der Waals surface area contributed by atoms with Crippen LogP contribution in [0.15, 0.2) is 47.4 Å². The van der Waals surface area contributed by atoms with E-state index in [2.05, 4.69) is 27.9 Å². The third-order valence-electron chi connectivity index (χ3n) is 4.10. The zero-order valence-corrected chi connectivity index (χ0v) is 17.6. The quantitative estimate of drug-likeness (QED) is 0.636. The third kappa shape index (κ3) is 4.60. The lowest BCUT2D eigenvalue weighted by Gasteiger charge is -2.26. The molecule has 144 valence electrons. The lowest BCUT2D eigenvalue weighted by molar-refractivity contribution is 0.0729. The van der Waals surface area contributed by atoms with Gasteiger partial charge in [0.25, 0.3) is 5.91 Å². The Hall–Kier alpha value is -1.69. The lowest BCUT2D eigenvalue weighted by Crippen LogP contribution is -2.40. The molecule has 0 aromatic heterocycles. The number of carbonyl (C=O) groups excluding carboxylic acids is 1. The Kier molecular flexibility index (Phi) is 6.35. The van der Waals surface area contributed by atoms with Gasteiger partial charge in [0.05, 0.1) is 20.3 Å². The second-order valence-electron chi connectivity index (χ2n) is 5.85. The Labute approximate surface area is 171 Å². The zero-order chi connectivity index (χ0) is 19.4. The average Bonchev–Trinajstić information content (AvgIpc) is 2.68. The van der Waals surface area contributed by atoms with Crippen LogP contribution in [0, 0.1) is 3.57 Å². The van der Waals surface area contributed by atoms with Crippen LogP contribution in [0.25, 0.3) is 0 Å². The molecule has 0 unspecified atom stereocenters. The number of hydrogen-bond acceptors (Lipinski definition) is 5. The van der Waals surface area contributed by atoms with Crippen LogP contribution in [-0.4, -0.2) is 52.0 Å². The number of rotatable bonds is 5. The number of sulfonamides is 1. The van der Waals surface area contributed by atoms with E-state index in [4.69, 9.17) is 9.47 Å². The second kappa shape index (κ2) is 8.55. The Morgan fingerprint density at radius 3 is 2.59 bits per heavy atom. The highest BCUT2D eigenvalue weighted by atomic mass is 127. The summed E-state index contributed by atoms with van der Waals surface area (Å²) in [4.78, 5) is 12.5. The summed E-state index contributed by atoms with van der Waals surface area (Å²) in [5, 5.41) is 2.75. The van der Waals surface area contributed by atoms with Crippen LogP contribution in [0.5, 0.6) is 5.75 Å². The van der Waals surface area contributed by atoms with Crippen molar-refractivity contribution in [3.8, 4) is 5.75 Å². The van der Waals surface area contributed by atoms with Crippen LogP contribution >= 0.6 is 22.6 Å². The number of nitrogens with zero attached hydrogens (tertiary/aromatic N) is 1. The summed E-state index contributed by atoms with van der Waals surface area (Å²) in [6.07, 6.45) is 0. The molecule has 7 nitrogen and oxygen atoms in total. The zero-order valence-electron chi connectivity index (χ0n) is 14.6. The van der Waals surface area contributed by atoms with Crippen molar-refractivity contribution in [2.75, 3.05) is 38.7 Å². The first-order chi connectivity index (χ1) is 12.9. The van der Waals surface area contributed by atoms with Crippen LogP contribution < -0.4 is 10.1 Å². The van der Waals surface area contributed by atoms with Gasteiger partial charge in [-0.1, -0.05) is 6.07 Å². The largest absolute Gasteiger partial charge is 0.495 e. The van der Waals surface area contributed by atoms with Gasteiger partial charge in [0.2, 0.25) is 10.0 Å². The van der Waals surface area contributed by atoms with Crippen molar-refractivity contribution in [3.63, 3.8) is 0 Å². The van der Waals surface area contributed by atoms with Gasteiger partial charge in [0.15, 0.2) is 0 Å². The molecule has 0 bridgehead atoms. The molecule has 0 saturated carbocycles. The molecular formula is C18H19IN2O5S. The first-order valence-electron chi connectivity index (χ1n) is 8.24. The smallest absolute Gasteiger partial charge is 0.255 e. The van der Waals surface area contributed by atoms with E-state index in [9.17, 15) is 13.2 Å². The highest BCUT2D eigenvalue weighted by Gasteiger charge is 2.29. The fourth-order valence-corrected chi connectivity index (χ4v) is 4.85. The number of methoxy groups -OCH3 is 1. The summed E-state index contributed by atoms with van der Waals surface area (Å²) < 4.78 is 38.7. The molecule has 1 N–H and O–H groups in total. The van der Waals surface area contributed by atoms with E-state index in [0.717, 1.165) is 3.57 Å². The molecule has 1 fully saturated rings. The van der Waals surface area contributed by atoms with Crippen LogP contribution in [0.1, 0.15) is 10.4 Å². The Morgan fingerprint density at radius 2 is 1.93 bits per heavy atom.